The van der Waals surface area contributed by atoms with Gasteiger partial charge in [0.1, 0.15) is 0 Å². The van der Waals surface area contributed by atoms with Gasteiger partial charge in [-0.2, -0.15) is 10.2 Å². The van der Waals surface area contributed by atoms with E-state index in [2.05, 4.69) is 10.2 Å². The summed E-state index contributed by atoms with van der Waals surface area (Å²) in [6.07, 6.45) is 4.38. The normalized spacial score (nSPS) is 28.1. The molecule has 2 aliphatic heterocycles. The zero-order valence-electron chi connectivity index (χ0n) is 13.2. The monoisotopic (exact) mass is 338 g/mol. The number of hydrogen-bond acceptors (Lipinski definition) is 6. The zero-order valence-corrected chi connectivity index (χ0v) is 14.0. The second kappa shape index (κ2) is 7.07. The minimum atomic E-state index is -3.17. The number of azo groups is 1. The molecule has 1 aromatic carbocycles. The van der Waals surface area contributed by atoms with E-state index < -0.39 is 9.84 Å². The Morgan fingerprint density at radius 1 is 1.30 bits per heavy atom. The van der Waals surface area contributed by atoms with Gasteiger partial charge < -0.3 is 9.47 Å². The summed E-state index contributed by atoms with van der Waals surface area (Å²) < 4.78 is 34.5. The van der Waals surface area contributed by atoms with Crippen molar-refractivity contribution >= 4 is 9.84 Å². The molecule has 23 heavy (non-hydrogen) atoms. The first-order valence-corrected chi connectivity index (χ1v) is 9.81. The highest BCUT2D eigenvalue weighted by atomic mass is 32.2. The van der Waals surface area contributed by atoms with E-state index >= 15 is 0 Å². The molecule has 0 N–H and O–H groups in total. The summed E-state index contributed by atoms with van der Waals surface area (Å²) in [4.78, 5) is 0.320. The average Bonchev–Trinajstić information content (AvgIpc) is 3.06. The van der Waals surface area contributed by atoms with E-state index in [1.54, 1.807) is 12.1 Å². The maximum Gasteiger partial charge on any atom is 0.175 e. The van der Waals surface area contributed by atoms with Crippen LogP contribution in [0.3, 0.4) is 0 Å². The fraction of sp³-hybridized carbons (Fsp3) is 0.625. The lowest BCUT2D eigenvalue weighted by molar-refractivity contribution is -0.0256. The van der Waals surface area contributed by atoms with Crippen LogP contribution in [-0.2, 0) is 19.3 Å². The number of rotatable bonds is 5. The van der Waals surface area contributed by atoms with Gasteiger partial charge >= 0.3 is 0 Å². The fourth-order valence-electron chi connectivity index (χ4n) is 2.89. The van der Waals surface area contributed by atoms with Crippen molar-refractivity contribution in [3.8, 4) is 0 Å². The lowest BCUT2D eigenvalue weighted by Crippen LogP contribution is -2.27. The lowest BCUT2D eigenvalue weighted by atomic mass is 10.0. The Hall–Kier alpha value is -1.31. The maximum absolute atomic E-state index is 11.5. The molecule has 0 saturated carbocycles. The van der Waals surface area contributed by atoms with Crippen molar-refractivity contribution < 1.29 is 17.9 Å². The van der Waals surface area contributed by atoms with Gasteiger partial charge in [-0.15, -0.1) is 0 Å². The topological polar surface area (TPSA) is 77.3 Å². The number of sulfone groups is 1. The summed E-state index contributed by atoms with van der Waals surface area (Å²) in [5.74, 6) is 0. The van der Waals surface area contributed by atoms with E-state index in [1.165, 1.54) is 6.26 Å². The Balaban J connectivity index is 1.59. The Bertz CT molecular complexity index is 651. The molecule has 1 fully saturated rings. The molecule has 3 atom stereocenters. The van der Waals surface area contributed by atoms with Crippen molar-refractivity contribution in [2.24, 2.45) is 10.2 Å². The second-order valence-corrected chi connectivity index (χ2v) is 8.14. The van der Waals surface area contributed by atoms with Crippen LogP contribution in [0.5, 0.6) is 0 Å². The van der Waals surface area contributed by atoms with Crippen LogP contribution < -0.4 is 0 Å². The molecule has 0 aromatic heterocycles. The van der Waals surface area contributed by atoms with Crippen LogP contribution in [0.1, 0.15) is 30.9 Å². The molecular formula is C16H22N2O4S. The number of hydrogen-bond donors (Lipinski definition) is 0. The standard InChI is InChI=1S/C16H22N2O4S/c1-23(19,20)15-6-4-12(5-7-15)16-9-14(10-17-18-16)22-11-13-3-2-8-21-13/h4-7,13-14,16H,2-3,8-11H2,1H3. The van der Waals surface area contributed by atoms with E-state index in [0.717, 1.165) is 31.4 Å². The van der Waals surface area contributed by atoms with Gasteiger partial charge in [-0.05, 0) is 30.5 Å². The summed E-state index contributed by atoms with van der Waals surface area (Å²) in [6, 6.07) is 6.78. The van der Waals surface area contributed by atoms with Crippen LogP contribution in [0.2, 0.25) is 0 Å². The predicted octanol–water partition coefficient (Wildman–Crippen LogP) is 2.55. The molecule has 1 saturated heterocycles. The van der Waals surface area contributed by atoms with E-state index in [0.29, 0.717) is 18.0 Å². The molecule has 0 radical (unpaired) electrons. The number of nitrogens with zero attached hydrogens (tertiary/aromatic N) is 2. The number of ether oxygens (including phenoxy) is 2. The van der Waals surface area contributed by atoms with Crippen molar-refractivity contribution in [1.29, 1.82) is 0 Å². The van der Waals surface area contributed by atoms with Crippen LogP contribution >= 0.6 is 0 Å². The molecule has 0 aliphatic carbocycles. The van der Waals surface area contributed by atoms with Gasteiger partial charge in [0, 0.05) is 19.3 Å². The summed E-state index contributed by atoms with van der Waals surface area (Å²) in [5, 5.41) is 8.46. The first-order chi connectivity index (χ1) is 11.0. The van der Waals surface area contributed by atoms with Gasteiger partial charge in [-0.1, -0.05) is 12.1 Å². The third-order valence-electron chi connectivity index (χ3n) is 4.23. The fourth-order valence-corrected chi connectivity index (χ4v) is 3.52. The molecule has 0 bridgehead atoms. The van der Waals surface area contributed by atoms with Crippen molar-refractivity contribution in [2.75, 3.05) is 26.0 Å². The van der Waals surface area contributed by atoms with E-state index in [1.807, 2.05) is 12.1 Å². The highest BCUT2D eigenvalue weighted by Gasteiger charge is 2.24. The van der Waals surface area contributed by atoms with Crippen LogP contribution in [0.25, 0.3) is 0 Å². The predicted molar refractivity (Wildman–Crippen MR) is 85.3 cm³/mol. The molecular weight excluding hydrogens is 316 g/mol. The van der Waals surface area contributed by atoms with Crippen molar-refractivity contribution in [2.45, 2.75) is 42.4 Å². The van der Waals surface area contributed by atoms with Crippen LogP contribution in [0.4, 0.5) is 0 Å². The molecule has 3 rings (SSSR count). The van der Waals surface area contributed by atoms with Crippen LogP contribution in [0, 0.1) is 0 Å². The van der Waals surface area contributed by atoms with Gasteiger partial charge in [0.25, 0.3) is 0 Å². The van der Waals surface area contributed by atoms with E-state index in [9.17, 15) is 8.42 Å². The van der Waals surface area contributed by atoms with E-state index in [-0.39, 0.29) is 18.2 Å². The minimum absolute atomic E-state index is 0.0382. The highest BCUT2D eigenvalue weighted by molar-refractivity contribution is 7.90. The molecule has 1 aromatic rings. The first-order valence-electron chi connectivity index (χ1n) is 7.92. The van der Waals surface area contributed by atoms with Gasteiger partial charge in [0.15, 0.2) is 9.84 Å². The van der Waals surface area contributed by atoms with E-state index in [4.69, 9.17) is 9.47 Å². The largest absolute Gasteiger partial charge is 0.376 e. The maximum atomic E-state index is 11.5. The average molecular weight is 338 g/mol. The Morgan fingerprint density at radius 2 is 2.09 bits per heavy atom. The Morgan fingerprint density at radius 3 is 2.74 bits per heavy atom. The third kappa shape index (κ3) is 4.37. The SMILES string of the molecule is CS(=O)(=O)c1ccc(C2CC(OCC3CCCO3)CN=N2)cc1. The van der Waals surface area contributed by atoms with Gasteiger partial charge in [-0.25, -0.2) is 8.42 Å². The van der Waals surface area contributed by atoms with Crippen molar-refractivity contribution in [1.82, 2.24) is 0 Å². The zero-order chi connectivity index (χ0) is 16.3. The Kier molecular flexibility index (Phi) is 5.08. The molecule has 7 heteroatoms. The molecule has 3 unspecified atom stereocenters. The van der Waals surface area contributed by atoms with Crippen LogP contribution in [-0.4, -0.2) is 46.6 Å². The van der Waals surface area contributed by atoms with Gasteiger partial charge in [0.2, 0.25) is 0 Å². The van der Waals surface area contributed by atoms with Crippen molar-refractivity contribution in [3.63, 3.8) is 0 Å². The molecule has 2 heterocycles. The first kappa shape index (κ1) is 16.5. The molecule has 0 spiro atoms. The summed E-state index contributed by atoms with van der Waals surface area (Å²) in [6.45, 7) is 2.01. The highest BCUT2D eigenvalue weighted by Crippen LogP contribution is 2.29. The van der Waals surface area contributed by atoms with Crippen molar-refractivity contribution in [3.05, 3.63) is 29.8 Å². The molecule has 126 valence electrons. The smallest absolute Gasteiger partial charge is 0.175 e. The summed E-state index contributed by atoms with van der Waals surface area (Å²) in [5.41, 5.74) is 0.964. The quantitative estimate of drug-likeness (QED) is 0.826. The second-order valence-electron chi connectivity index (χ2n) is 6.12. The minimum Gasteiger partial charge on any atom is -0.376 e. The molecule has 2 aliphatic rings. The third-order valence-corrected chi connectivity index (χ3v) is 5.36. The summed E-state index contributed by atoms with van der Waals surface area (Å²) in [7, 11) is -3.17. The summed E-state index contributed by atoms with van der Waals surface area (Å²) >= 11 is 0. The van der Waals surface area contributed by atoms with Crippen LogP contribution in [0.15, 0.2) is 39.4 Å². The number of benzene rings is 1. The molecule has 6 nitrogen and oxygen atoms in total. The lowest BCUT2D eigenvalue weighted by Gasteiger charge is -2.24. The van der Waals surface area contributed by atoms with Gasteiger partial charge in [-0.3, -0.25) is 0 Å². The van der Waals surface area contributed by atoms with Gasteiger partial charge in [0.05, 0.1) is 36.3 Å². The molecule has 0 amide bonds. The Labute approximate surface area is 136 Å².